The summed E-state index contributed by atoms with van der Waals surface area (Å²) in [7, 11) is 0. The minimum atomic E-state index is -2.69. The molecule has 0 unspecified atom stereocenters. The summed E-state index contributed by atoms with van der Waals surface area (Å²) in [5, 5.41) is 17.3. The lowest BCUT2D eigenvalue weighted by molar-refractivity contribution is -0.155. The van der Waals surface area contributed by atoms with Crippen molar-refractivity contribution in [1.82, 2.24) is 0 Å². The molecular weight excluding hydrogens is 170 g/mol. The minimum Gasteiger partial charge on any atom is -0.481 e. The van der Waals surface area contributed by atoms with Crippen LogP contribution in [0.4, 0.5) is 8.78 Å². The van der Waals surface area contributed by atoms with Gasteiger partial charge < -0.3 is 10.2 Å². The van der Waals surface area contributed by atoms with Crippen molar-refractivity contribution in [3.8, 4) is 0 Å². The summed E-state index contributed by atoms with van der Waals surface area (Å²) >= 11 is 0. The van der Waals surface area contributed by atoms with Crippen LogP contribution < -0.4 is 0 Å². The van der Waals surface area contributed by atoms with Gasteiger partial charge in [-0.2, -0.15) is 0 Å². The molecule has 2 N–H and O–H groups in total. The van der Waals surface area contributed by atoms with Crippen LogP contribution >= 0.6 is 0 Å². The van der Waals surface area contributed by atoms with Gasteiger partial charge in [0.2, 0.25) is 5.92 Å². The van der Waals surface area contributed by atoms with Crippen molar-refractivity contribution in [2.24, 2.45) is 5.92 Å². The molecule has 70 valence electrons. The van der Waals surface area contributed by atoms with Gasteiger partial charge >= 0.3 is 5.97 Å². The van der Waals surface area contributed by atoms with Gasteiger partial charge in [-0.25, -0.2) is 8.78 Å². The lowest BCUT2D eigenvalue weighted by Crippen LogP contribution is -2.42. The number of hydrogen-bond donors (Lipinski definition) is 2. The van der Waals surface area contributed by atoms with Crippen molar-refractivity contribution in [3.05, 3.63) is 0 Å². The van der Waals surface area contributed by atoms with Crippen molar-refractivity contribution in [3.63, 3.8) is 0 Å². The highest BCUT2D eigenvalue weighted by Gasteiger charge is 2.48. The average molecular weight is 180 g/mol. The number of alkyl halides is 2. The molecule has 0 radical (unpaired) electrons. The van der Waals surface area contributed by atoms with Gasteiger partial charge in [-0.3, -0.25) is 4.79 Å². The van der Waals surface area contributed by atoms with Crippen molar-refractivity contribution in [1.29, 1.82) is 0 Å². The SMILES string of the molecule is O=C(O)C[C@H](O)C1CC(F)(F)C1. The molecule has 1 saturated carbocycles. The Morgan fingerprint density at radius 1 is 1.58 bits per heavy atom. The fraction of sp³-hybridized carbons (Fsp3) is 0.857. The monoisotopic (exact) mass is 180 g/mol. The number of carbonyl (C=O) groups is 1. The maximum atomic E-state index is 12.2. The maximum absolute atomic E-state index is 12.2. The molecule has 0 aromatic carbocycles. The number of aliphatic hydroxyl groups is 1. The second-order valence-corrected chi connectivity index (χ2v) is 3.19. The number of rotatable bonds is 3. The van der Waals surface area contributed by atoms with E-state index in [1.54, 1.807) is 0 Å². The van der Waals surface area contributed by atoms with E-state index in [0.29, 0.717) is 0 Å². The van der Waals surface area contributed by atoms with E-state index in [9.17, 15) is 13.6 Å². The van der Waals surface area contributed by atoms with E-state index in [-0.39, 0.29) is 12.8 Å². The highest BCUT2D eigenvalue weighted by molar-refractivity contribution is 5.67. The molecule has 0 aliphatic heterocycles. The van der Waals surface area contributed by atoms with Crippen LogP contribution in [0.3, 0.4) is 0 Å². The van der Waals surface area contributed by atoms with Crippen molar-refractivity contribution < 1.29 is 23.8 Å². The van der Waals surface area contributed by atoms with Gasteiger partial charge in [0, 0.05) is 12.8 Å². The highest BCUT2D eigenvalue weighted by Crippen LogP contribution is 2.44. The van der Waals surface area contributed by atoms with Crippen LogP contribution in [0.2, 0.25) is 0 Å². The van der Waals surface area contributed by atoms with Gasteiger partial charge in [0.15, 0.2) is 0 Å². The third-order valence-corrected chi connectivity index (χ3v) is 2.05. The van der Waals surface area contributed by atoms with Crippen LogP contribution in [0.5, 0.6) is 0 Å². The molecule has 1 rings (SSSR count). The van der Waals surface area contributed by atoms with E-state index < -0.39 is 30.3 Å². The molecule has 12 heavy (non-hydrogen) atoms. The first-order valence-corrected chi connectivity index (χ1v) is 3.68. The molecule has 5 heteroatoms. The van der Waals surface area contributed by atoms with Crippen LogP contribution in [0.25, 0.3) is 0 Å². The quantitative estimate of drug-likeness (QED) is 0.677. The molecule has 0 saturated heterocycles. The van der Waals surface area contributed by atoms with E-state index >= 15 is 0 Å². The summed E-state index contributed by atoms with van der Waals surface area (Å²) in [5.41, 5.74) is 0. The summed E-state index contributed by atoms with van der Waals surface area (Å²) in [4.78, 5) is 10.1. The lowest BCUT2D eigenvalue weighted by atomic mass is 9.77. The summed E-state index contributed by atoms with van der Waals surface area (Å²) in [5.74, 6) is -4.39. The molecule has 0 aromatic heterocycles. The molecule has 0 bridgehead atoms. The van der Waals surface area contributed by atoms with Crippen LogP contribution in [-0.2, 0) is 4.79 Å². The smallest absolute Gasteiger partial charge is 0.305 e. The Hall–Kier alpha value is -0.710. The van der Waals surface area contributed by atoms with Crippen LogP contribution in [0, 0.1) is 5.92 Å². The van der Waals surface area contributed by atoms with Gasteiger partial charge in [-0.1, -0.05) is 0 Å². The van der Waals surface area contributed by atoms with E-state index in [0.717, 1.165) is 0 Å². The van der Waals surface area contributed by atoms with Crippen LogP contribution in [-0.4, -0.2) is 28.2 Å². The van der Waals surface area contributed by atoms with Crippen LogP contribution in [0.15, 0.2) is 0 Å². The molecule has 1 aliphatic rings. The largest absolute Gasteiger partial charge is 0.481 e. The third kappa shape index (κ3) is 2.14. The molecule has 1 aliphatic carbocycles. The minimum absolute atomic E-state index is 0.387. The Labute approximate surface area is 68.0 Å². The van der Waals surface area contributed by atoms with Crippen LogP contribution in [0.1, 0.15) is 19.3 Å². The lowest BCUT2D eigenvalue weighted by Gasteiger charge is -2.37. The van der Waals surface area contributed by atoms with Gasteiger partial charge in [0.05, 0.1) is 12.5 Å². The first-order valence-electron chi connectivity index (χ1n) is 3.68. The summed E-state index contributed by atoms with van der Waals surface area (Å²) < 4.78 is 24.5. The zero-order valence-electron chi connectivity index (χ0n) is 6.33. The fourth-order valence-corrected chi connectivity index (χ4v) is 1.33. The van der Waals surface area contributed by atoms with Gasteiger partial charge in [0.25, 0.3) is 0 Å². The normalized spacial score (nSPS) is 24.6. The second kappa shape index (κ2) is 2.97. The molecule has 1 fully saturated rings. The van der Waals surface area contributed by atoms with Gasteiger partial charge in [-0.05, 0) is 5.92 Å². The molecule has 0 aromatic rings. The fourth-order valence-electron chi connectivity index (χ4n) is 1.33. The van der Waals surface area contributed by atoms with Crippen molar-refractivity contribution >= 4 is 5.97 Å². The number of aliphatic carboxylic acids is 1. The second-order valence-electron chi connectivity index (χ2n) is 3.19. The predicted molar refractivity (Wildman–Crippen MR) is 35.9 cm³/mol. The summed E-state index contributed by atoms with van der Waals surface area (Å²) in [6, 6.07) is 0. The number of hydrogen-bond acceptors (Lipinski definition) is 2. The predicted octanol–water partition coefficient (Wildman–Crippen LogP) is 0.867. The standard InChI is InChI=1S/C7H10F2O3/c8-7(9)2-4(3-7)5(10)1-6(11)12/h4-5,10H,1-3H2,(H,11,12)/t5-/m0/s1. The summed E-state index contributed by atoms with van der Waals surface area (Å²) in [6.45, 7) is 0. The van der Waals surface area contributed by atoms with Crippen molar-refractivity contribution in [2.75, 3.05) is 0 Å². The van der Waals surface area contributed by atoms with E-state index in [4.69, 9.17) is 10.2 Å². The van der Waals surface area contributed by atoms with Crippen molar-refractivity contribution in [2.45, 2.75) is 31.3 Å². The molecular formula is C7H10F2O3. The summed E-state index contributed by atoms with van der Waals surface area (Å²) in [6.07, 6.45) is -2.34. The number of aliphatic hydroxyl groups excluding tert-OH is 1. The first-order chi connectivity index (χ1) is 5.41. The number of halogens is 2. The zero-order valence-corrected chi connectivity index (χ0v) is 6.33. The Kier molecular flexibility index (Phi) is 2.32. The number of carboxylic acid groups (broad SMARTS) is 1. The average Bonchev–Trinajstić information content (AvgIpc) is 1.80. The Balaban J connectivity index is 2.28. The Bertz CT molecular complexity index is 185. The highest BCUT2D eigenvalue weighted by atomic mass is 19.3. The third-order valence-electron chi connectivity index (χ3n) is 2.05. The topological polar surface area (TPSA) is 57.5 Å². The van der Waals surface area contributed by atoms with E-state index in [1.807, 2.05) is 0 Å². The molecule has 0 spiro atoms. The molecule has 0 heterocycles. The Morgan fingerprint density at radius 3 is 2.42 bits per heavy atom. The van der Waals surface area contributed by atoms with Gasteiger partial charge in [-0.15, -0.1) is 0 Å². The van der Waals surface area contributed by atoms with E-state index in [2.05, 4.69) is 0 Å². The van der Waals surface area contributed by atoms with Gasteiger partial charge in [0.1, 0.15) is 0 Å². The Morgan fingerprint density at radius 2 is 2.08 bits per heavy atom. The molecule has 3 nitrogen and oxygen atoms in total. The first kappa shape index (κ1) is 9.38. The maximum Gasteiger partial charge on any atom is 0.305 e. The van der Waals surface area contributed by atoms with E-state index in [1.165, 1.54) is 0 Å². The molecule has 1 atom stereocenters. The molecule has 0 amide bonds. The number of carboxylic acids is 1. The zero-order chi connectivity index (χ0) is 9.35.